The minimum absolute atomic E-state index is 0.847. The van der Waals surface area contributed by atoms with Crippen molar-refractivity contribution in [2.75, 3.05) is 0 Å². The summed E-state index contributed by atoms with van der Waals surface area (Å²) in [5, 5.41) is 0. The highest BCUT2D eigenvalue weighted by molar-refractivity contribution is 4.80. The third-order valence-electron chi connectivity index (χ3n) is 2.74. The van der Waals surface area contributed by atoms with E-state index in [9.17, 15) is 0 Å². The fourth-order valence-electron chi connectivity index (χ4n) is 1.50. The van der Waals surface area contributed by atoms with Crippen molar-refractivity contribution in [1.82, 2.24) is 0 Å². The molecule has 12 heavy (non-hydrogen) atoms. The Kier molecular flexibility index (Phi) is 6.96. The lowest BCUT2D eigenvalue weighted by molar-refractivity contribution is 0.277. The van der Waals surface area contributed by atoms with Crippen molar-refractivity contribution in [2.45, 2.75) is 52.9 Å². The van der Waals surface area contributed by atoms with Crippen LogP contribution in [0.4, 0.5) is 0 Å². The van der Waals surface area contributed by atoms with E-state index >= 15 is 0 Å². The average Bonchev–Trinajstić information content (AvgIpc) is 2.11. The van der Waals surface area contributed by atoms with Crippen LogP contribution in [0.2, 0.25) is 0 Å². The molecule has 0 N–H and O–H groups in total. The first kappa shape index (κ1) is 11.6. The highest BCUT2D eigenvalue weighted by Crippen LogP contribution is 2.28. The Morgan fingerprint density at radius 1 is 1.17 bits per heavy atom. The topological polar surface area (TPSA) is 0 Å². The second kappa shape index (κ2) is 7.22. The molecule has 2 unspecified atom stereocenters. The van der Waals surface area contributed by atoms with Gasteiger partial charge in [-0.05, 0) is 11.8 Å². The summed E-state index contributed by atoms with van der Waals surface area (Å²) >= 11 is 0. The Hall–Kier alpha value is -0.440. The molecule has 0 aromatic rings. The van der Waals surface area contributed by atoms with Crippen molar-refractivity contribution in [1.29, 1.82) is 0 Å². The zero-order valence-corrected chi connectivity index (χ0v) is 8.77. The second-order valence-electron chi connectivity index (χ2n) is 3.80. The van der Waals surface area contributed by atoms with Crippen LogP contribution in [-0.4, -0.2) is 0 Å². The van der Waals surface area contributed by atoms with Crippen molar-refractivity contribution < 1.29 is 0 Å². The largest absolute Gasteiger partial charge is 0.120 e. The van der Waals surface area contributed by atoms with E-state index in [-0.39, 0.29) is 0 Å². The summed E-state index contributed by atoms with van der Waals surface area (Å²) in [4.78, 5) is 0. The van der Waals surface area contributed by atoms with E-state index in [2.05, 4.69) is 19.8 Å². The molecule has 0 spiro atoms. The van der Waals surface area contributed by atoms with Crippen LogP contribution < -0.4 is 0 Å². The van der Waals surface area contributed by atoms with E-state index in [0.29, 0.717) is 0 Å². The van der Waals surface area contributed by atoms with E-state index in [1.54, 1.807) is 0 Å². The monoisotopic (exact) mass is 166 g/mol. The van der Waals surface area contributed by atoms with Gasteiger partial charge in [0.15, 0.2) is 0 Å². The molecule has 1 aliphatic rings. The van der Waals surface area contributed by atoms with Crippen molar-refractivity contribution in [3.05, 3.63) is 0 Å². The Bertz CT molecular complexity index is 119. The molecule has 0 radical (unpaired) electrons. The predicted octanol–water partition coefficient (Wildman–Crippen LogP) is 3.86. The first-order valence-corrected chi connectivity index (χ1v) is 5.15. The van der Waals surface area contributed by atoms with Gasteiger partial charge in [-0.3, -0.25) is 0 Å². The molecule has 0 aliphatic heterocycles. The van der Waals surface area contributed by atoms with Crippen LogP contribution in [0.5, 0.6) is 0 Å². The molecule has 1 saturated carbocycles. The second-order valence-corrected chi connectivity index (χ2v) is 3.80. The highest BCUT2D eigenvalue weighted by atomic mass is 14.2. The summed E-state index contributed by atoms with van der Waals surface area (Å²) in [6, 6.07) is 0. The summed E-state index contributed by atoms with van der Waals surface area (Å²) in [6.45, 7) is 6.70. The fourth-order valence-corrected chi connectivity index (χ4v) is 1.50. The minimum Gasteiger partial charge on any atom is -0.120 e. The quantitative estimate of drug-likeness (QED) is 0.479. The molecule has 0 heterocycles. The van der Waals surface area contributed by atoms with Gasteiger partial charge in [0.25, 0.3) is 0 Å². The van der Waals surface area contributed by atoms with Crippen LogP contribution in [0.15, 0.2) is 0 Å². The normalized spacial score (nSPS) is 28.2. The van der Waals surface area contributed by atoms with Gasteiger partial charge in [0, 0.05) is 6.42 Å². The fraction of sp³-hybridized carbons (Fsp3) is 0.833. The van der Waals surface area contributed by atoms with E-state index in [0.717, 1.165) is 18.3 Å². The van der Waals surface area contributed by atoms with Crippen molar-refractivity contribution in [3.63, 3.8) is 0 Å². The van der Waals surface area contributed by atoms with Gasteiger partial charge < -0.3 is 0 Å². The van der Waals surface area contributed by atoms with E-state index in [1.165, 1.54) is 25.7 Å². The summed E-state index contributed by atoms with van der Waals surface area (Å²) in [7, 11) is 0. The first-order valence-electron chi connectivity index (χ1n) is 5.15. The molecule has 0 saturated heterocycles. The maximum Gasteiger partial charge on any atom is 0.00576 e. The van der Waals surface area contributed by atoms with Gasteiger partial charge in [-0.25, -0.2) is 0 Å². The van der Waals surface area contributed by atoms with E-state index < -0.39 is 0 Å². The molecule has 2 atom stereocenters. The third-order valence-corrected chi connectivity index (χ3v) is 2.74. The highest BCUT2D eigenvalue weighted by Gasteiger charge is 2.15. The standard InChI is InChI=1S/C8H16.C4H6/c1-7-5-3-4-6-8(7)2;1-3-4-2/h7-8H,3-6H2,1-2H3;1H,4H2,2H3. The lowest BCUT2D eigenvalue weighted by Gasteiger charge is -2.24. The molecule has 0 aromatic heterocycles. The molecule has 0 amide bonds. The zero-order valence-electron chi connectivity index (χ0n) is 8.77. The molecule has 0 nitrogen and oxygen atoms in total. The van der Waals surface area contributed by atoms with Crippen LogP contribution in [0.25, 0.3) is 0 Å². The summed E-state index contributed by atoms with van der Waals surface area (Å²) in [6.07, 6.45) is 11.5. The van der Waals surface area contributed by atoms with Crippen molar-refractivity contribution >= 4 is 0 Å². The lowest BCUT2D eigenvalue weighted by atomic mass is 9.82. The molecule has 70 valence electrons. The maximum absolute atomic E-state index is 4.78. The average molecular weight is 166 g/mol. The van der Waals surface area contributed by atoms with Crippen LogP contribution in [-0.2, 0) is 0 Å². The number of hydrogen-bond acceptors (Lipinski definition) is 0. The van der Waals surface area contributed by atoms with Gasteiger partial charge in [-0.15, -0.1) is 12.3 Å². The van der Waals surface area contributed by atoms with Gasteiger partial charge in [-0.2, -0.15) is 0 Å². The Balaban J connectivity index is 0.000000261. The Morgan fingerprint density at radius 3 is 1.67 bits per heavy atom. The molecule has 1 aliphatic carbocycles. The molecule has 1 fully saturated rings. The van der Waals surface area contributed by atoms with E-state index in [4.69, 9.17) is 6.42 Å². The van der Waals surface area contributed by atoms with Crippen molar-refractivity contribution in [3.8, 4) is 12.3 Å². The lowest BCUT2D eigenvalue weighted by Crippen LogP contribution is -2.12. The first-order chi connectivity index (χ1) is 5.72. The van der Waals surface area contributed by atoms with Crippen LogP contribution in [0.3, 0.4) is 0 Å². The number of terminal acetylenes is 1. The smallest absolute Gasteiger partial charge is 0.00576 e. The zero-order chi connectivity index (χ0) is 9.40. The van der Waals surface area contributed by atoms with Gasteiger partial charge in [-0.1, -0.05) is 46.5 Å². The predicted molar refractivity (Wildman–Crippen MR) is 55.9 cm³/mol. The van der Waals surface area contributed by atoms with Crippen LogP contribution >= 0.6 is 0 Å². The SMILES string of the molecule is C#CCC.CC1CCCCC1C. The summed E-state index contributed by atoms with van der Waals surface area (Å²) in [5.41, 5.74) is 0. The summed E-state index contributed by atoms with van der Waals surface area (Å²) in [5.74, 6) is 4.44. The maximum atomic E-state index is 4.78. The Labute approximate surface area is 77.8 Å². The third kappa shape index (κ3) is 5.24. The van der Waals surface area contributed by atoms with E-state index in [1.807, 2.05) is 6.92 Å². The molecule has 0 heteroatoms. The van der Waals surface area contributed by atoms with Gasteiger partial charge in [0.05, 0.1) is 0 Å². The minimum atomic E-state index is 0.847. The number of rotatable bonds is 0. The molecule has 1 rings (SSSR count). The van der Waals surface area contributed by atoms with Gasteiger partial charge >= 0.3 is 0 Å². The van der Waals surface area contributed by atoms with Crippen molar-refractivity contribution in [2.24, 2.45) is 11.8 Å². The summed E-state index contributed by atoms with van der Waals surface area (Å²) < 4.78 is 0. The molecular weight excluding hydrogens is 144 g/mol. The number of hydrogen-bond donors (Lipinski definition) is 0. The molecule has 0 bridgehead atoms. The Morgan fingerprint density at radius 2 is 1.50 bits per heavy atom. The van der Waals surface area contributed by atoms with Gasteiger partial charge in [0.2, 0.25) is 0 Å². The molecule has 0 aromatic carbocycles. The van der Waals surface area contributed by atoms with Crippen LogP contribution in [0, 0.1) is 24.2 Å². The molecular formula is C12H22. The van der Waals surface area contributed by atoms with Crippen LogP contribution in [0.1, 0.15) is 52.9 Å². The van der Waals surface area contributed by atoms with Gasteiger partial charge in [0.1, 0.15) is 0 Å².